The molecule has 0 radical (unpaired) electrons. The summed E-state index contributed by atoms with van der Waals surface area (Å²) in [4.78, 5) is 21.2. The Morgan fingerprint density at radius 2 is 0.889 bits per heavy atom. The minimum Gasteiger partial charge on any atom is -0.481 e. The van der Waals surface area contributed by atoms with Crippen molar-refractivity contribution in [3.05, 3.63) is 34.9 Å². The second-order valence-corrected chi connectivity index (χ2v) is 10.6. The average Bonchev–Trinajstić information content (AvgIpc) is 2.85. The van der Waals surface area contributed by atoms with E-state index in [-0.39, 0.29) is 0 Å². The summed E-state index contributed by atoms with van der Waals surface area (Å²) in [6.07, 6.45) is 25.5. The van der Waals surface area contributed by atoms with Crippen molar-refractivity contribution in [3.8, 4) is 0 Å². The summed E-state index contributed by atoms with van der Waals surface area (Å²) >= 11 is 0. The van der Waals surface area contributed by atoms with Gasteiger partial charge in [-0.25, -0.2) is 0 Å². The molecule has 0 fully saturated rings. The van der Waals surface area contributed by atoms with Crippen LogP contribution in [0.25, 0.3) is 0 Å². The molecule has 0 saturated heterocycles. The molecule has 4 nitrogen and oxygen atoms in total. The molecule has 36 heavy (non-hydrogen) atoms. The smallest absolute Gasteiger partial charge is 0.303 e. The third kappa shape index (κ3) is 17.6. The fourth-order valence-corrected chi connectivity index (χ4v) is 5.16. The lowest BCUT2D eigenvalue weighted by atomic mass is 9.90. The second kappa shape index (κ2) is 22.4. The van der Waals surface area contributed by atoms with Crippen LogP contribution < -0.4 is 0 Å². The lowest BCUT2D eigenvalue weighted by Crippen LogP contribution is -2.02. The third-order valence-electron chi connectivity index (χ3n) is 7.32. The fraction of sp³-hybridized carbons (Fsp3) is 0.750. The molecule has 0 unspecified atom stereocenters. The van der Waals surface area contributed by atoms with E-state index in [4.69, 9.17) is 10.2 Å². The molecular weight excluding hydrogens is 448 g/mol. The van der Waals surface area contributed by atoms with Gasteiger partial charge in [0.05, 0.1) is 0 Å². The van der Waals surface area contributed by atoms with Crippen molar-refractivity contribution in [1.82, 2.24) is 0 Å². The number of hydrogen-bond donors (Lipinski definition) is 2. The highest BCUT2D eigenvalue weighted by Gasteiger charge is 2.09. The highest BCUT2D eigenvalue weighted by molar-refractivity contribution is 5.66. The number of aryl methyl sites for hydroxylation is 2. The Kier molecular flexibility index (Phi) is 20.0. The normalized spacial score (nSPS) is 11.1. The van der Waals surface area contributed by atoms with Crippen molar-refractivity contribution in [2.24, 2.45) is 0 Å². The van der Waals surface area contributed by atoms with E-state index >= 15 is 0 Å². The number of rotatable bonds is 25. The number of carbonyl (C=O) groups is 2. The molecule has 1 aromatic rings. The fourth-order valence-electron chi connectivity index (χ4n) is 5.16. The van der Waals surface area contributed by atoms with Gasteiger partial charge in [0.25, 0.3) is 0 Å². The van der Waals surface area contributed by atoms with Gasteiger partial charge in [-0.15, -0.1) is 0 Å². The van der Waals surface area contributed by atoms with E-state index in [1.807, 2.05) is 0 Å². The first-order valence-corrected chi connectivity index (χ1v) is 15.1. The third-order valence-corrected chi connectivity index (χ3v) is 7.32. The predicted molar refractivity (Wildman–Crippen MR) is 151 cm³/mol. The predicted octanol–water partition coefficient (Wildman–Crippen LogP) is 9.31. The zero-order valence-corrected chi connectivity index (χ0v) is 23.2. The maximum absolute atomic E-state index is 10.6. The number of benzene rings is 1. The van der Waals surface area contributed by atoms with E-state index in [1.54, 1.807) is 16.7 Å². The van der Waals surface area contributed by atoms with Crippen LogP contribution in [0.15, 0.2) is 18.2 Å². The summed E-state index contributed by atoms with van der Waals surface area (Å²) < 4.78 is 0. The Labute approximate surface area is 221 Å². The summed E-state index contributed by atoms with van der Waals surface area (Å²) in [6.45, 7) is 2.27. The molecule has 0 aromatic heterocycles. The number of carboxylic acid groups (broad SMARTS) is 2. The van der Waals surface area contributed by atoms with Gasteiger partial charge in [-0.2, -0.15) is 0 Å². The van der Waals surface area contributed by atoms with Gasteiger partial charge in [0.15, 0.2) is 0 Å². The van der Waals surface area contributed by atoms with Crippen LogP contribution >= 0.6 is 0 Å². The molecule has 0 saturated carbocycles. The first kappa shape index (κ1) is 32.2. The number of hydrogen-bond acceptors (Lipinski definition) is 2. The quantitative estimate of drug-likeness (QED) is 0.131. The van der Waals surface area contributed by atoms with Crippen LogP contribution in [0.1, 0.15) is 152 Å². The minimum absolute atomic E-state index is 0.310. The number of carboxylic acids is 2. The molecule has 206 valence electrons. The summed E-state index contributed by atoms with van der Waals surface area (Å²) in [5.74, 6) is -1.35. The van der Waals surface area contributed by atoms with E-state index in [0.717, 1.165) is 38.5 Å². The molecule has 0 heterocycles. The van der Waals surface area contributed by atoms with Crippen LogP contribution in [0.3, 0.4) is 0 Å². The minimum atomic E-state index is -0.675. The Morgan fingerprint density at radius 1 is 0.528 bits per heavy atom. The van der Waals surface area contributed by atoms with Crippen molar-refractivity contribution in [2.45, 2.75) is 155 Å². The van der Waals surface area contributed by atoms with Gasteiger partial charge in [-0.3, -0.25) is 9.59 Å². The summed E-state index contributed by atoms with van der Waals surface area (Å²) in [5.41, 5.74) is 4.78. The molecule has 4 heteroatoms. The molecule has 0 amide bonds. The average molecular weight is 503 g/mol. The molecule has 1 aromatic carbocycles. The largest absolute Gasteiger partial charge is 0.481 e. The SMILES string of the molecule is CCCCCCc1cccc(CCCCCCCCCC(=O)O)c1CCCCCCCCCC(=O)O. The van der Waals surface area contributed by atoms with Gasteiger partial charge in [0.2, 0.25) is 0 Å². The molecule has 0 aliphatic heterocycles. The van der Waals surface area contributed by atoms with Gasteiger partial charge >= 0.3 is 11.9 Å². The maximum Gasteiger partial charge on any atom is 0.303 e. The van der Waals surface area contributed by atoms with Gasteiger partial charge in [-0.1, -0.05) is 109 Å². The first-order valence-electron chi connectivity index (χ1n) is 15.1. The molecular formula is C32H54O4. The standard InChI is InChI=1S/C32H54O4/c1-2-3-4-15-21-28-23-20-24-29(22-16-11-7-5-9-13-18-26-31(33)34)30(28)25-17-12-8-6-10-14-19-27-32(35)36/h20,23-24H,2-19,21-22,25-27H2,1H3,(H,33,34)(H,35,36). The Morgan fingerprint density at radius 3 is 1.31 bits per heavy atom. The monoisotopic (exact) mass is 502 g/mol. The van der Waals surface area contributed by atoms with Gasteiger partial charge in [0.1, 0.15) is 0 Å². The van der Waals surface area contributed by atoms with E-state index in [9.17, 15) is 9.59 Å². The van der Waals surface area contributed by atoms with Crippen LogP contribution in [0.4, 0.5) is 0 Å². The number of unbranched alkanes of at least 4 members (excludes halogenated alkanes) is 15. The molecule has 0 aliphatic rings. The van der Waals surface area contributed by atoms with Crippen LogP contribution in [0, 0.1) is 0 Å². The number of aliphatic carboxylic acids is 2. The van der Waals surface area contributed by atoms with Crippen LogP contribution in [-0.4, -0.2) is 22.2 Å². The van der Waals surface area contributed by atoms with Crippen molar-refractivity contribution in [3.63, 3.8) is 0 Å². The van der Waals surface area contributed by atoms with Gasteiger partial charge < -0.3 is 10.2 Å². The van der Waals surface area contributed by atoms with E-state index in [0.29, 0.717) is 12.8 Å². The first-order chi connectivity index (χ1) is 17.5. The van der Waals surface area contributed by atoms with Crippen LogP contribution in [0.2, 0.25) is 0 Å². The Balaban J connectivity index is 2.42. The highest BCUT2D eigenvalue weighted by atomic mass is 16.4. The molecule has 2 N–H and O–H groups in total. The zero-order chi connectivity index (χ0) is 26.3. The lowest BCUT2D eigenvalue weighted by molar-refractivity contribution is -0.138. The van der Waals surface area contributed by atoms with Crippen molar-refractivity contribution in [1.29, 1.82) is 0 Å². The van der Waals surface area contributed by atoms with Crippen molar-refractivity contribution < 1.29 is 19.8 Å². The molecule has 0 atom stereocenters. The van der Waals surface area contributed by atoms with Gasteiger partial charge in [-0.05, 0) is 68.1 Å². The molecule has 1 rings (SSSR count). The Hall–Kier alpha value is -1.84. The van der Waals surface area contributed by atoms with Gasteiger partial charge in [0, 0.05) is 12.8 Å². The van der Waals surface area contributed by atoms with Crippen LogP contribution in [0.5, 0.6) is 0 Å². The highest BCUT2D eigenvalue weighted by Crippen LogP contribution is 2.23. The zero-order valence-electron chi connectivity index (χ0n) is 23.2. The maximum atomic E-state index is 10.6. The van der Waals surface area contributed by atoms with Crippen LogP contribution in [-0.2, 0) is 28.9 Å². The summed E-state index contributed by atoms with van der Waals surface area (Å²) in [7, 11) is 0. The molecule has 0 aliphatic carbocycles. The molecule has 0 spiro atoms. The topological polar surface area (TPSA) is 74.6 Å². The summed E-state index contributed by atoms with van der Waals surface area (Å²) in [5, 5.41) is 17.5. The molecule has 0 bridgehead atoms. The lowest BCUT2D eigenvalue weighted by Gasteiger charge is -2.16. The second-order valence-electron chi connectivity index (χ2n) is 10.6. The van der Waals surface area contributed by atoms with Crippen molar-refractivity contribution >= 4 is 11.9 Å². The van der Waals surface area contributed by atoms with Crippen molar-refractivity contribution in [2.75, 3.05) is 0 Å². The van der Waals surface area contributed by atoms with E-state index < -0.39 is 11.9 Å². The summed E-state index contributed by atoms with van der Waals surface area (Å²) in [6, 6.07) is 7.00. The Bertz CT molecular complexity index is 697. The van der Waals surface area contributed by atoms with E-state index in [2.05, 4.69) is 25.1 Å². The van der Waals surface area contributed by atoms with E-state index in [1.165, 1.54) is 96.3 Å².